The molecule has 0 spiro atoms. The van der Waals surface area contributed by atoms with E-state index in [4.69, 9.17) is 0 Å². The molecule has 1 fully saturated rings. The highest BCUT2D eigenvalue weighted by Crippen LogP contribution is 2.63. The van der Waals surface area contributed by atoms with Gasteiger partial charge in [0.25, 0.3) is 5.91 Å². The Morgan fingerprint density at radius 3 is 2.14 bits per heavy atom. The zero-order valence-electron chi connectivity index (χ0n) is 22.1. The second-order valence-electron chi connectivity index (χ2n) is 10.7. The lowest BCUT2D eigenvalue weighted by molar-refractivity contribution is -0.122. The Hall–Kier alpha value is -4.38. The van der Waals surface area contributed by atoms with Gasteiger partial charge in [0.2, 0.25) is 11.8 Å². The summed E-state index contributed by atoms with van der Waals surface area (Å²) in [6.07, 6.45) is 1.62. The summed E-state index contributed by atoms with van der Waals surface area (Å²) < 4.78 is 14.8. The topological polar surface area (TPSA) is 90.9 Å². The number of hydrogen-bond donors (Lipinski definition) is 2. The molecule has 2 N–H and O–H groups in total. The van der Waals surface area contributed by atoms with Crippen LogP contribution in [0.2, 0.25) is 0 Å². The molecule has 9 heteroatoms. The molecule has 1 saturated heterocycles. The van der Waals surface area contributed by atoms with Crippen molar-refractivity contribution in [1.29, 1.82) is 0 Å². The van der Waals surface area contributed by atoms with Gasteiger partial charge in [-0.2, -0.15) is 5.10 Å². The number of benzene rings is 4. The quantitative estimate of drug-likeness (QED) is 0.128. The SMILES string of the molecule is O=C(CNc1ccc(I)cc1)N/N=C\C12c3ccccc3C(c3ccccc31)[C@H]1C(=O)N(c3ccc(F)cc3)C(=O)[C@@H]12. The lowest BCUT2D eigenvalue weighted by Gasteiger charge is -2.52. The van der Waals surface area contributed by atoms with E-state index in [1.807, 2.05) is 72.8 Å². The van der Waals surface area contributed by atoms with Crippen LogP contribution in [0.3, 0.4) is 0 Å². The number of carbonyl (C=O) groups is 3. The first-order chi connectivity index (χ1) is 20.4. The molecule has 2 atom stereocenters. The van der Waals surface area contributed by atoms with Crippen molar-refractivity contribution >= 4 is 57.9 Å². The highest BCUT2D eigenvalue weighted by molar-refractivity contribution is 14.1. The van der Waals surface area contributed by atoms with Crippen molar-refractivity contribution < 1.29 is 18.8 Å². The summed E-state index contributed by atoms with van der Waals surface area (Å²) in [5.41, 5.74) is 6.32. The number of hydrogen-bond acceptors (Lipinski definition) is 5. The summed E-state index contributed by atoms with van der Waals surface area (Å²) in [6, 6.07) is 28.7. The van der Waals surface area contributed by atoms with E-state index in [1.165, 1.54) is 29.2 Å². The van der Waals surface area contributed by atoms with E-state index >= 15 is 0 Å². The average molecular weight is 670 g/mol. The number of rotatable bonds is 6. The molecule has 2 bridgehead atoms. The summed E-state index contributed by atoms with van der Waals surface area (Å²) >= 11 is 2.22. The number of nitrogens with zero attached hydrogens (tertiary/aromatic N) is 2. The van der Waals surface area contributed by atoms with Crippen molar-refractivity contribution in [3.8, 4) is 0 Å². The number of amides is 3. The van der Waals surface area contributed by atoms with Gasteiger partial charge in [-0.3, -0.25) is 14.4 Å². The van der Waals surface area contributed by atoms with Crippen LogP contribution in [0.5, 0.6) is 0 Å². The van der Waals surface area contributed by atoms with E-state index in [0.717, 1.165) is 31.5 Å². The molecule has 0 saturated carbocycles. The Kier molecular flexibility index (Phi) is 6.41. The van der Waals surface area contributed by atoms with E-state index in [1.54, 1.807) is 6.21 Å². The van der Waals surface area contributed by atoms with Crippen molar-refractivity contribution in [2.75, 3.05) is 16.8 Å². The van der Waals surface area contributed by atoms with Gasteiger partial charge in [0, 0.05) is 21.4 Å². The van der Waals surface area contributed by atoms with Gasteiger partial charge >= 0.3 is 0 Å². The van der Waals surface area contributed by atoms with Gasteiger partial charge < -0.3 is 5.32 Å². The first-order valence-corrected chi connectivity index (χ1v) is 14.6. The molecule has 208 valence electrons. The Balaban J connectivity index is 1.29. The maximum Gasteiger partial charge on any atom is 0.259 e. The summed E-state index contributed by atoms with van der Waals surface area (Å²) in [5.74, 6) is -3.31. The van der Waals surface area contributed by atoms with Crippen LogP contribution in [0.4, 0.5) is 15.8 Å². The molecule has 42 heavy (non-hydrogen) atoms. The number of halogens is 2. The van der Waals surface area contributed by atoms with E-state index in [-0.39, 0.29) is 30.2 Å². The van der Waals surface area contributed by atoms with Crippen LogP contribution in [0, 0.1) is 21.2 Å². The molecule has 1 heterocycles. The number of hydrazone groups is 1. The largest absolute Gasteiger partial charge is 0.376 e. The first kappa shape index (κ1) is 26.5. The maximum atomic E-state index is 14.3. The third-order valence-corrected chi connectivity index (χ3v) is 9.24. The monoisotopic (exact) mass is 670 g/mol. The fourth-order valence-corrected chi connectivity index (χ4v) is 7.25. The second kappa shape index (κ2) is 10.2. The van der Waals surface area contributed by atoms with Crippen LogP contribution in [0.15, 0.2) is 102 Å². The van der Waals surface area contributed by atoms with Crippen LogP contribution in [-0.4, -0.2) is 30.5 Å². The molecule has 4 aromatic carbocycles. The number of carbonyl (C=O) groups excluding carboxylic acids is 3. The standard InChI is InChI=1S/C33H24FIN4O3/c34-19-9-15-22(16-10-19)39-31(41)29-28-23-5-1-3-7-25(23)33(30(29)32(39)42,26-8-4-2-6-24(26)28)18-37-38-27(40)17-36-21-13-11-20(35)12-14-21/h1-16,18,28-30,36H,17H2,(H,38,40)/b37-18-/t28?,29-,30-,33?/m1/s1. The van der Waals surface area contributed by atoms with Gasteiger partial charge in [0.15, 0.2) is 0 Å². The molecule has 4 aromatic rings. The zero-order chi connectivity index (χ0) is 29.0. The van der Waals surface area contributed by atoms with Crippen LogP contribution in [-0.2, 0) is 19.8 Å². The van der Waals surface area contributed by atoms with Gasteiger partial charge in [0.1, 0.15) is 5.82 Å². The normalized spacial score (nSPS) is 23.5. The van der Waals surface area contributed by atoms with Crippen LogP contribution in [0.25, 0.3) is 0 Å². The second-order valence-corrected chi connectivity index (χ2v) is 11.9. The molecular weight excluding hydrogens is 646 g/mol. The lowest BCUT2D eigenvalue weighted by atomic mass is 9.47. The fourth-order valence-electron chi connectivity index (χ4n) is 6.89. The van der Waals surface area contributed by atoms with Gasteiger partial charge in [-0.15, -0.1) is 0 Å². The van der Waals surface area contributed by atoms with E-state index in [2.05, 4.69) is 38.4 Å². The van der Waals surface area contributed by atoms with Gasteiger partial charge in [0.05, 0.1) is 29.5 Å². The van der Waals surface area contributed by atoms with Gasteiger partial charge in [-0.25, -0.2) is 14.7 Å². The van der Waals surface area contributed by atoms with Crippen LogP contribution < -0.4 is 15.6 Å². The molecule has 0 unspecified atom stereocenters. The van der Waals surface area contributed by atoms with Gasteiger partial charge in [-0.1, -0.05) is 48.5 Å². The molecule has 0 aromatic heterocycles. The third kappa shape index (κ3) is 3.98. The van der Waals surface area contributed by atoms with Crippen LogP contribution >= 0.6 is 22.6 Å². The molecule has 8 rings (SSSR count). The fraction of sp³-hybridized carbons (Fsp3) is 0.152. The highest BCUT2D eigenvalue weighted by Gasteiger charge is 2.68. The molecule has 7 nitrogen and oxygen atoms in total. The maximum absolute atomic E-state index is 14.3. The summed E-state index contributed by atoms with van der Waals surface area (Å²) in [5, 5.41) is 7.50. The summed E-state index contributed by atoms with van der Waals surface area (Å²) in [7, 11) is 0. The lowest BCUT2D eigenvalue weighted by Crippen LogP contribution is -2.54. The predicted molar refractivity (Wildman–Crippen MR) is 166 cm³/mol. The van der Waals surface area contributed by atoms with Crippen molar-refractivity contribution in [3.63, 3.8) is 0 Å². The summed E-state index contributed by atoms with van der Waals surface area (Å²) in [4.78, 5) is 42.3. The minimum atomic E-state index is -1.11. The Morgan fingerprint density at radius 2 is 1.50 bits per heavy atom. The van der Waals surface area contributed by atoms with E-state index in [0.29, 0.717) is 5.69 Å². The highest BCUT2D eigenvalue weighted by atomic mass is 127. The Bertz CT molecular complexity index is 1730. The predicted octanol–water partition coefficient (Wildman–Crippen LogP) is 5.20. The molecule has 3 aliphatic carbocycles. The minimum Gasteiger partial charge on any atom is -0.376 e. The zero-order valence-corrected chi connectivity index (χ0v) is 24.3. The number of anilines is 2. The van der Waals surface area contributed by atoms with Gasteiger partial charge in [-0.05, 0) is 93.4 Å². The Morgan fingerprint density at radius 1 is 0.881 bits per heavy atom. The molecule has 4 aliphatic rings. The minimum absolute atomic E-state index is 0.00198. The van der Waals surface area contributed by atoms with E-state index in [9.17, 15) is 18.8 Å². The average Bonchev–Trinajstić information content (AvgIpc) is 3.28. The van der Waals surface area contributed by atoms with Crippen molar-refractivity contribution in [3.05, 3.63) is 129 Å². The van der Waals surface area contributed by atoms with Crippen molar-refractivity contribution in [2.45, 2.75) is 11.3 Å². The number of nitrogens with one attached hydrogen (secondary N) is 2. The molecule has 3 amide bonds. The summed E-state index contributed by atoms with van der Waals surface area (Å²) in [6.45, 7) is 0.00198. The smallest absolute Gasteiger partial charge is 0.259 e. The molecule has 0 radical (unpaired) electrons. The third-order valence-electron chi connectivity index (χ3n) is 8.52. The van der Waals surface area contributed by atoms with Crippen molar-refractivity contribution in [1.82, 2.24) is 5.43 Å². The number of imide groups is 1. The Labute approximate surface area is 255 Å². The van der Waals surface area contributed by atoms with Crippen LogP contribution in [0.1, 0.15) is 28.2 Å². The first-order valence-electron chi connectivity index (χ1n) is 13.5. The van der Waals surface area contributed by atoms with Crippen molar-refractivity contribution in [2.24, 2.45) is 16.9 Å². The molecule has 1 aliphatic heterocycles. The molecular formula is C33H24FIN4O3. The van der Waals surface area contributed by atoms with E-state index < -0.39 is 23.1 Å².